The third-order valence-corrected chi connectivity index (χ3v) is 6.90. The number of rotatable bonds is 6. The molecule has 2 amide bonds. The maximum Gasteiger partial charge on any atom is 0.259 e. The number of aliphatic imine (C=N–C) groups is 2. The van der Waals surface area contributed by atoms with Crippen LogP contribution in [-0.2, 0) is 22.6 Å². The van der Waals surface area contributed by atoms with Crippen LogP contribution in [0, 0.1) is 5.82 Å². The van der Waals surface area contributed by atoms with Crippen LogP contribution in [0.2, 0.25) is 0 Å². The van der Waals surface area contributed by atoms with Crippen LogP contribution >= 0.6 is 11.8 Å². The van der Waals surface area contributed by atoms with E-state index in [1.807, 2.05) is 54.6 Å². The molecule has 3 aromatic rings. The second kappa shape index (κ2) is 9.84. The van der Waals surface area contributed by atoms with E-state index in [1.54, 1.807) is 24.0 Å². The Bertz CT molecular complexity index is 1320. The van der Waals surface area contributed by atoms with E-state index in [1.165, 1.54) is 23.9 Å². The molecule has 35 heavy (non-hydrogen) atoms. The fraction of sp³-hybridized carbons (Fsp3) is 0.185. The van der Waals surface area contributed by atoms with Crippen LogP contribution in [0.15, 0.2) is 88.8 Å². The molecule has 2 heterocycles. The molecule has 0 radical (unpaired) electrons. The Balaban J connectivity index is 1.34. The first-order valence-corrected chi connectivity index (χ1v) is 12.2. The van der Waals surface area contributed by atoms with E-state index in [-0.39, 0.29) is 24.2 Å². The Morgan fingerprint density at radius 1 is 1.03 bits per heavy atom. The minimum absolute atomic E-state index is 0.150. The standard InChI is InChI=1S/C27H23FN4O2S/c1-17(25(33)29-16-19-11-13-20(28)14-12-19)35-27-31-22-10-6-5-9-21(22)24-30-23(26(34)32(24)27)15-18-7-3-2-4-8-18/h2-14,17,23H,15-16H2,1H3,(H,29,33)/t17-,23+/m0/s1. The van der Waals surface area contributed by atoms with Crippen molar-refractivity contribution in [2.24, 2.45) is 9.98 Å². The number of amidine groups is 2. The highest BCUT2D eigenvalue weighted by atomic mass is 32.2. The average molecular weight is 487 g/mol. The van der Waals surface area contributed by atoms with Gasteiger partial charge in [0.15, 0.2) is 5.17 Å². The molecule has 2 atom stereocenters. The lowest BCUT2D eigenvalue weighted by Crippen LogP contribution is -2.43. The van der Waals surface area contributed by atoms with Gasteiger partial charge in [0, 0.05) is 18.5 Å². The van der Waals surface area contributed by atoms with E-state index in [2.05, 4.69) is 5.32 Å². The molecule has 2 aliphatic rings. The third kappa shape index (κ3) is 4.88. The number of carbonyl (C=O) groups excluding carboxylic acids is 2. The Kier molecular flexibility index (Phi) is 6.46. The van der Waals surface area contributed by atoms with Gasteiger partial charge in [0.05, 0.1) is 10.9 Å². The molecule has 3 aromatic carbocycles. The molecule has 0 fully saturated rings. The monoisotopic (exact) mass is 486 g/mol. The van der Waals surface area contributed by atoms with Crippen molar-refractivity contribution < 1.29 is 14.0 Å². The maximum absolute atomic E-state index is 13.4. The summed E-state index contributed by atoms with van der Waals surface area (Å²) in [7, 11) is 0. The third-order valence-electron chi connectivity index (χ3n) is 5.85. The van der Waals surface area contributed by atoms with Gasteiger partial charge in [-0.25, -0.2) is 14.3 Å². The Labute approximate surface area is 207 Å². The Hall–Kier alpha value is -3.78. The number of benzene rings is 3. The number of amides is 2. The first-order chi connectivity index (χ1) is 17.0. The summed E-state index contributed by atoms with van der Waals surface area (Å²) in [6.07, 6.45) is 0.494. The van der Waals surface area contributed by atoms with Gasteiger partial charge in [0.1, 0.15) is 17.7 Å². The van der Waals surface area contributed by atoms with Crippen molar-refractivity contribution in [3.05, 3.63) is 101 Å². The summed E-state index contributed by atoms with van der Waals surface area (Å²) in [6.45, 7) is 2.06. The van der Waals surface area contributed by atoms with E-state index in [0.29, 0.717) is 17.4 Å². The lowest BCUT2D eigenvalue weighted by molar-refractivity contribution is -0.124. The van der Waals surface area contributed by atoms with Gasteiger partial charge >= 0.3 is 0 Å². The van der Waals surface area contributed by atoms with Crippen LogP contribution in [0.4, 0.5) is 10.1 Å². The molecule has 6 nitrogen and oxygen atoms in total. The molecule has 0 bridgehead atoms. The number of nitrogens with zero attached hydrogens (tertiary/aromatic N) is 3. The van der Waals surface area contributed by atoms with Crippen molar-refractivity contribution >= 4 is 40.3 Å². The molecule has 0 saturated carbocycles. The molecule has 8 heteroatoms. The fourth-order valence-corrected chi connectivity index (χ4v) is 4.94. The smallest absolute Gasteiger partial charge is 0.259 e. The number of hydrogen-bond acceptors (Lipinski definition) is 5. The van der Waals surface area contributed by atoms with Gasteiger partial charge in [-0.3, -0.25) is 14.6 Å². The second-order valence-electron chi connectivity index (χ2n) is 8.35. The van der Waals surface area contributed by atoms with Crippen molar-refractivity contribution in [2.75, 3.05) is 0 Å². The molecule has 0 saturated heterocycles. The summed E-state index contributed by atoms with van der Waals surface area (Å²) in [4.78, 5) is 37.3. The zero-order chi connectivity index (χ0) is 24.4. The normalized spacial score (nSPS) is 17.3. The summed E-state index contributed by atoms with van der Waals surface area (Å²) in [5.74, 6) is -0.101. The number of para-hydroxylation sites is 1. The first kappa shape index (κ1) is 23.0. The van der Waals surface area contributed by atoms with Gasteiger partial charge in [-0.2, -0.15) is 0 Å². The predicted octanol–water partition coefficient (Wildman–Crippen LogP) is 4.47. The number of nitrogens with one attached hydrogen (secondary N) is 1. The number of carbonyl (C=O) groups is 2. The molecule has 1 N–H and O–H groups in total. The maximum atomic E-state index is 13.4. The number of fused-ring (bicyclic) bond motifs is 3. The van der Waals surface area contributed by atoms with Crippen LogP contribution in [0.5, 0.6) is 0 Å². The molecule has 2 aliphatic heterocycles. The van der Waals surface area contributed by atoms with Crippen LogP contribution in [0.25, 0.3) is 0 Å². The highest BCUT2D eigenvalue weighted by Gasteiger charge is 2.42. The first-order valence-electron chi connectivity index (χ1n) is 11.3. The predicted molar refractivity (Wildman–Crippen MR) is 136 cm³/mol. The molecular formula is C27H23FN4O2S. The summed E-state index contributed by atoms with van der Waals surface area (Å²) < 4.78 is 13.1. The van der Waals surface area contributed by atoms with Crippen molar-refractivity contribution in [2.45, 2.75) is 31.2 Å². The van der Waals surface area contributed by atoms with Crippen molar-refractivity contribution in [3.8, 4) is 0 Å². The van der Waals surface area contributed by atoms with Gasteiger partial charge in [-0.1, -0.05) is 66.4 Å². The summed E-state index contributed by atoms with van der Waals surface area (Å²) in [5, 5.41) is 2.79. The number of hydrogen-bond donors (Lipinski definition) is 1. The summed E-state index contributed by atoms with van der Waals surface area (Å²) >= 11 is 1.22. The van der Waals surface area contributed by atoms with E-state index in [4.69, 9.17) is 9.98 Å². The van der Waals surface area contributed by atoms with Crippen molar-refractivity contribution in [1.29, 1.82) is 0 Å². The molecule has 0 spiro atoms. The molecule has 5 rings (SSSR count). The quantitative estimate of drug-likeness (QED) is 0.559. The lowest BCUT2D eigenvalue weighted by Gasteiger charge is -2.27. The van der Waals surface area contributed by atoms with E-state index in [9.17, 15) is 14.0 Å². The minimum atomic E-state index is -0.549. The Morgan fingerprint density at radius 2 is 1.74 bits per heavy atom. The lowest BCUT2D eigenvalue weighted by atomic mass is 10.1. The highest BCUT2D eigenvalue weighted by Crippen LogP contribution is 2.35. The van der Waals surface area contributed by atoms with Gasteiger partial charge < -0.3 is 5.32 Å². The second-order valence-corrected chi connectivity index (χ2v) is 9.66. The number of halogens is 1. The topological polar surface area (TPSA) is 74.1 Å². The zero-order valence-corrected chi connectivity index (χ0v) is 19.8. The molecule has 176 valence electrons. The largest absolute Gasteiger partial charge is 0.351 e. The van der Waals surface area contributed by atoms with Gasteiger partial charge in [-0.15, -0.1) is 0 Å². The highest BCUT2D eigenvalue weighted by molar-refractivity contribution is 8.15. The van der Waals surface area contributed by atoms with Gasteiger partial charge in [0.25, 0.3) is 5.91 Å². The van der Waals surface area contributed by atoms with Crippen LogP contribution in [-0.4, -0.2) is 39.0 Å². The molecular weight excluding hydrogens is 463 g/mol. The average Bonchev–Trinajstić information content (AvgIpc) is 3.20. The Morgan fingerprint density at radius 3 is 2.51 bits per heavy atom. The van der Waals surface area contributed by atoms with E-state index in [0.717, 1.165) is 22.4 Å². The van der Waals surface area contributed by atoms with Crippen LogP contribution in [0.3, 0.4) is 0 Å². The zero-order valence-electron chi connectivity index (χ0n) is 19.0. The fourth-order valence-electron chi connectivity index (χ4n) is 4.00. The number of thioether (sulfide) groups is 1. The molecule has 0 aliphatic carbocycles. The van der Waals surface area contributed by atoms with E-state index >= 15 is 0 Å². The van der Waals surface area contributed by atoms with Gasteiger partial charge in [0.2, 0.25) is 5.91 Å². The van der Waals surface area contributed by atoms with Crippen LogP contribution in [0.1, 0.15) is 23.6 Å². The van der Waals surface area contributed by atoms with Gasteiger partial charge in [-0.05, 0) is 42.3 Å². The SMILES string of the molecule is C[C@H](SC1=Nc2ccccc2C2=N[C@H](Cc3ccccc3)C(=O)N12)C(=O)NCc1ccc(F)cc1. The van der Waals surface area contributed by atoms with Crippen molar-refractivity contribution in [3.63, 3.8) is 0 Å². The summed E-state index contributed by atoms with van der Waals surface area (Å²) in [6, 6.07) is 22.8. The minimum Gasteiger partial charge on any atom is -0.351 e. The van der Waals surface area contributed by atoms with Crippen molar-refractivity contribution in [1.82, 2.24) is 10.2 Å². The van der Waals surface area contributed by atoms with E-state index < -0.39 is 11.3 Å². The van der Waals surface area contributed by atoms with Crippen LogP contribution < -0.4 is 5.32 Å². The molecule has 0 unspecified atom stereocenters. The summed E-state index contributed by atoms with van der Waals surface area (Å²) in [5.41, 5.74) is 3.35. The molecule has 0 aromatic heterocycles.